The van der Waals surface area contributed by atoms with Crippen molar-refractivity contribution < 1.29 is 38.7 Å². The van der Waals surface area contributed by atoms with Crippen LogP contribution in [-0.2, 0) is 20.7 Å². The highest BCUT2D eigenvalue weighted by atomic mass is 127. The van der Waals surface area contributed by atoms with Crippen LogP contribution in [0.25, 0.3) is 0 Å². The molecule has 1 saturated carbocycles. The molecule has 4 rings (SSSR count). The van der Waals surface area contributed by atoms with E-state index in [1.165, 1.54) is 0 Å². The molecule has 2 aromatic carbocycles. The van der Waals surface area contributed by atoms with Gasteiger partial charge in [0.1, 0.15) is 36.1 Å². The average molecular weight is 779 g/mol. The summed E-state index contributed by atoms with van der Waals surface area (Å²) in [6, 6.07) is 12.2. The van der Waals surface area contributed by atoms with Gasteiger partial charge in [0.05, 0.1) is 36.5 Å². The van der Waals surface area contributed by atoms with Crippen molar-refractivity contribution in [2.24, 2.45) is 17.8 Å². The number of benzene rings is 2. The smallest absolute Gasteiger partial charge is 0.248 e. The maximum Gasteiger partial charge on any atom is 0.248 e. The van der Waals surface area contributed by atoms with Crippen molar-refractivity contribution in [3.63, 3.8) is 0 Å². The Morgan fingerprint density at radius 2 is 1.85 bits per heavy atom. The molecule has 48 heavy (non-hydrogen) atoms. The second-order valence-corrected chi connectivity index (χ2v) is 14.3. The molecule has 6 atom stereocenters. The van der Waals surface area contributed by atoms with Gasteiger partial charge in [0.2, 0.25) is 11.8 Å². The van der Waals surface area contributed by atoms with Crippen LogP contribution in [0.1, 0.15) is 52.0 Å². The summed E-state index contributed by atoms with van der Waals surface area (Å²) in [7, 11) is 3.19. The molecule has 0 unspecified atom stereocenters. The summed E-state index contributed by atoms with van der Waals surface area (Å²) in [6.45, 7) is 6.58. The molecule has 0 radical (unpaired) electrons. The van der Waals surface area contributed by atoms with Gasteiger partial charge in [0.15, 0.2) is 0 Å². The van der Waals surface area contributed by atoms with E-state index in [-0.39, 0.29) is 50.6 Å². The van der Waals surface area contributed by atoms with Gasteiger partial charge in [-0.2, -0.15) is 0 Å². The highest BCUT2D eigenvalue weighted by Crippen LogP contribution is 2.36. The Balaban J connectivity index is 1.66. The van der Waals surface area contributed by atoms with E-state index in [0.717, 1.165) is 28.4 Å². The lowest BCUT2D eigenvalue weighted by Crippen LogP contribution is -2.56. The molecule has 2 aliphatic rings. The molecular formula is C37H51IN2O8. The zero-order chi connectivity index (χ0) is 34.8. The Morgan fingerprint density at radius 3 is 2.54 bits per heavy atom. The molecule has 0 saturated heterocycles. The summed E-state index contributed by atoms with van der Waals surface area (Å²) < 4.78 is 24.7. The molecule has 2 aliphatic carbocycles. The van der Waals surface area contributed by atoms with E-state index in [9.17, 15) is 19.8 Å². The summed E-state index contributed by atoms with van der Waals surface area (Å²) in [5.74, 6) is 2.52. The van der Waals surface area contributed by atoms with Crippen molar-refractivity contribution >= 4 is 34.4 Å². The third-order valence-corrected chi connectivity index (χ3v) is 10.4. The minimum Gasteiger partial charge on any atom is -0.497 e. The quantitative estimate of drug-likeness (QED) is 0.221. The van der Waals surface area contributed by atoms with Crippen molar-refractivity contribution in [1.82, 2.24) is 10.2 Å². The lowest BCUT2D eigenvalue weighted by atomic mass is 9.75. The Hall–Kier alpha value is -2.87. The fraction of sp³-hybridized carbons (Fsp3) is 0.568. The van der Waals surface area contributed by atoms with Gasteiger partial charge in [-0.1, -0.05) is 39.3 Å². The maximum absolute atomic E-state index is 14.3. The Labute approximate surface area is 298 Å². The van der Waals surface area contributed by atoms with E-state index in [2.05, 4.69) is 48.7 Å². The van der Waals surface area contributed by atoms with Crippen LogP contribution in [0.3, 0.4) is 0 Å². The number of methoxy groups -OCH3 is 2. The SMILES string of the molecule is COc1ccc(OC)c(CCN(C(=O)CO[C@H]2C[C@@H](C)CC[C@@H]2C(C)C)[C@@H]2CC(C(=O)NCCO)=C[C@H](Oc3ccccc3I)[C@H]2O)c1. The third-order valence-electron chi connectivity index (χ3n) is 9.53. The minimum atomic E-state index is -1.15. The molecule has 0 aromatic heterocycles. The van der Waals surface area contributed by atoms with Gasteiger partial charge in [-0.15, -0.1) is 0 Å². The summed E-state index contributed by atoms with van der Waals surface area (Å²) in [5.41, 5.74) is 1.21. The summed E-state index contributed by atoms with van der Waals surface area (Å²) in [6.07, 6.45) is 3.13. The Kier molecular flexibility index (Phi) is 14.4. The van der Waals surface area contributed by atoms with Crippen molar-refractivity contribution in [3.8, 4) is 17.2 Å². The highest BCUT2D eigenvalue weighted by molar-refractivity contribution is 14.1. The molecule has 11 heteroatoms. The molecular weight excluding hydrogens is 727 g/mol. The van der Waals surface area contributed by atoms with Crippen LogP contribution < -0.4 is 19.5 Å². The first-order valence-electron chi connectivity index (χ1n) is 16.9. The monoisotopic (exact) mass is 778 g/mol. The zero-order valence-corrected chi connectivity index (χ0v) is 30.9. The van der Waals surface area contributed by atoms with Gasteiger partial charge < -0.3 is 39.4 Å². The van der Waals surface area contributed by atoms with Gasteiger partial charge >= 0.3 is 0 Å². The van der Waals surface area contributed by atoms with Crippen molar-refractivity contribution in [1.29, 1.82) is 0 Å². The van der Waals surface area contributed by atoms with Gasteiger partial charge in [-0.3, -0.25) is 9.59 Å². The van der Waals surface area contributed by atoms with E-state index in [0.29, 0.717) is 47.0 Å². The second kappa shape index (κ2) is 18.2. The topological polar surface area (TPSA) is 127 Å². The number of aliphatic hydroxyl groups is 2. The van der Waals surface area contributed by atoms with Crippen LogP contribution in [0.5, 0.6) is 17.2 Å². The Morgan fingerprint density at radius 1 is 1.08 bits per heavy atom. The number of para-hydroxylation sites is 1. The third kappa shape index (κ3) is 9.86. The maximum atomic E-state index is 14.3. The fourth-order valence-corrected chi connectivity index (χ4v) is 7.34. The Bertz CT molecular complexity index is 1400. The summed E-state index contributed by atoms with van der Waals surface area (Å²) >= 11 is 2.16. The summed E-state index contributed by atoms with van der Waals surface area (Å²) in [4.78, 5) is 29.2. The molecule has 1 fully saturated rings. The average Bonchev–Trinajstić information content (AvgIpc) is 3.08. The van der Waals surface area contributed by atoms with Crippen molar-refractivity contribution in [2.45, 2.75) is 77.2 Å². The molecule has 2 aromatic rings. The van der Waals surface area contributed by atoms with Crippen LogP contribution in [0.15, 0.2) is 54.1 Å². The molecule has 0 bridgehead atoms. The molecule has 2 amide bonds. The number of nitrogens with one attached hydrogen (secondary N) is 1. The number of ether oxygens (including phenoxy) is 4. The van der Waals surface area contributed by atoms with E-state index in [1.54, 1.807) is 31.3 Å². The van der Waals surface area contributed by atoms with E-state index in [4.69, 9.17) is 18.9 Å². The van der Waals surface area contributed by atoms with Gasteiger partial charge in [0.25, 0.3) is 0 Å². The number of aliphatic hydroxyl groups excluding tert-OH is 2. The van der Waals surface area contributed by atoms with E-state index in [1.807, 2.05) is 36.4 Å². The van der Waals surface area contributed by atoms with Gasteiger partial charge in [-0.25, -0.2) is 0 Å². The number of halogens is 1. The number of rotatable bonds is 15. The first kappa shape index (κ1) is 37.9. The molecule has 264 valence electrons. The van der Waals surface area contributed by atoms with Crippen LogP contribution in [0.4, 0.5) is 0 Å². The van der Waals surface area contributed by atoms with Crippen LogP contribution >= 0.6 is 22.6 Å². The molecule has 0 heterocycles. The first-order valence-corrected chi connectivity index (χ1v) is 17.9. The molecule has 0 spiro atoms. The van der Waals surface area contributed by atoms with Crippen molar-refractivity contribution in [2.75, 3.05) is 40.5 Å². The number of nitrogens with zero attached hydrogens (tertiary/aromatic N) is 1. The predicted molar refractivity (Wildman–Crippen MR) is 192 cm³/mol. The zero-order valence-electron chi connectivity index (χ0n) is 28.7. The highest BCUT2D eigenvalue weighted by Gasteiger charge is 2.41. The van der Waals surface area contributed by atoms with E-state index >= 15 is 0 Å². The lowest BCUT2D eigenvalue weighted by Gasteiger charge is -2.41. The number of hydrogen-bond acceptors (Lipinski definition) is 8. The summed E-state index contributed by atoms with van der Waals surface area (Å²) in [5, 5.41) is 24.0. The normalized spacial score (nSPS) is 24.1. The predicted octanol–water partition coefficient (Wildman–Crippen LogP) is 4.77. The fourth-order valence-electron chi connectivity index (χ4n) is 6.83. The van der Waals surface area contributed by atoms with Crippen LogP contribution in [-0.4, -0.2) is 91.8 Å². The second-order valence-electron chi connectivity index (χ2n) is 13.1. The molecule has 3 N–H and O–H groups in total. The molecule has 10 nitrogen and oxygen atoms in total. The largest absolute Gasteiger partial charge is 0.497 e. The van der Waals surface area contributed by atoms with Crippen molar-refractivity contribution in [3.05, 3.63) is 63.2 Å². The van der Waals surface area contributed by atoms with Crippen LogP contribution in [0, 0.1) is 21.3 Å². The minimum absolute atomic E-state index is 0.0368. The number of amides is 2. The lowest BCUT2D eigenvalue weighted by molar-refractivity contribution is -0.148. The van der Waals surface area contributed by atoms with E-state index < -0.39 is 18.2 Å². The van der Waals surface area contributed by atoms with Gasteiger partial charge in [-0.05, 0) is 102 Å². The number of hydrogen-bond donors (Lipinski definition) is 3. The first-order chi connectivity index (χ1) is 23.1. The number of carbonyl (C=O) groups is 2. The van der Waals surface area contributed by atoms with Gasteiger partial charge in [0, 0.05) is 25.1 Å². The molecule has 0 aliphatic heterocycles. The standard InChI is InChI=1S/C37H51IN2O8/c1-23(2)28-12-10-24(3)18-33(28)47-22-35(42)40(16-14-25-19-27(45-4)11-13-31(25)46-5)30-20-26(37(44)39-15-17-41)21-34(36(30)43)48-32-9-7-6-8-29(32)38/h6-9,11,13,19,21,23-24,28,30,33-34,36,41,43H,10,12,14-18,20,22H2,1-5H3,(H,39,44)/t24-,28+,30+,33-,34-,36-/m0/s1. The number of carbonyl (C=O) groups excluding carboxylic acids is 2. The van der Waals surface area contributed by atoms with Crippen LogP contribution in [0.2, 0.25) is 0 Å².